The van der Waals surface area contributed by atoms with E-state index in [0.717, 1.165) is 0 Å². The van der Waals surface area contributed by atoms with E-state index >= 15 is 0 Å². The van der Waals surface area contributed by atoms with Crippen molar-refractivity contribution in [2.45, 2.75) is 33.6 Å². The smallest absolute Gasteiger partial charge is 0.0352 e. The minimum absolute atomic E-state index is 0.260. The number of hydrogen-bond donors (Lipinski definition) is 0. The van der Waals surface area contributed by atoms with Crippen LogP contribution in [0.2, 0.25) is 0 Å². The van der Waals surface area contributed by atoms with Gasteiger partial charge in [-0.15, -0.1) is 11.3 Å². The highest BCUT2D eigenvalue weighted by Gasteiger charge is 2.26. The average Bonchev–Trinajstić information content (AvgIpc) is 2.65. The molecule has 1 aliphatic carbocycles. The van der Waals surface area contributed by atoms with Crippen LogP contribution >= 0.6 is 11.3 Å². The Hall–Kier alpha value is -1.08. The standard InChI is InChI=1S/C16H18S/c1-16(2,3)13-9-6-8-12-11-7-4-5-10-14(11)17-15(12)13/h4-5,7,9-10H,6,8H2,1-3H3. The van der Waals surface area contributed by atoms with E-state index in [2.05, 4.69) is 51.1 Å². The maximum Gasteiger partial charge on any atom is 0.0352 e. The first kappa shape index (κ1) is 11.0. The second-order valence-electron chi connectivity index (χ2n) is 5.81. The Bertz CT molecular complexity index is 594. The third-order valence-corrected chi connectivity index (χ3v) is 4.74. The number of benzene rings is 1. The lowest BCUT2D eigenvalue weighted by atomic mass is 9.80. The van der Waals surface area contributed by atoms with Crippen molar-refractivity contribution in [3.05, 3.63) is 40.8 Å². The lowest BCUT2D eigenvalue weighted by Crippen LogP contribution is -2.11. The van der Waals surface area contributed by atoms with Crippen molar-refractivity contribution < 1.29 is 0 Å². The molecule has 0 aliphatic heterocycles. The molecule has 0 saturated carbocycles. The predicted molar refractivity (Wildman–Crippen MR) is 77.6 cm³/mol. The number of thiophene rings is 1. The van der Waals surface area contributed by atoms with Gasteiger partial charge in [-0.25, -0.2) is 0 Å². The van der Waals surface area contributed by atoms with Gasteiger partial charge >= 0.3 is 0 Å². The van der Waals surface area contributed by atoms with E-state index in [1.54, 1.807) is 11.1 Å². The predicted octanol–water partition coefficient (Wildman–Crippen LogP) is 5.28. The second-order valence-corrected chi connectivity index (χ2v) is 6.86. The maximum absolute atomic E-state index is 2.44. The van der Waals surface area contributed by atoms with Gasteiger partial charge in [0, 0.05) is 9.58 Å². The molecule has 0 N–H and O–H groups in total. The summed E-state index contributed by atoms with van der Waals surface area (Å²) in [6.45, 7) is 6.95. The quantitative estimate of drug-likeness (QED) is 0.590. The van der Waals surface area contributed by atoms with Crippen LogP contribution in [0.3, 0.4) is 0 Å². The molecule has 1 aromatic carbocycles. The number of rotatable bonds is 0. The van der Waals surface area contributed by atoms with Crippen molar-refractivity contribution in [2.75, 3.05) is 0 Å². The van der Waals surface area contributed by atoms with Crippen molar-refractivity contribution in [3.63, 3.8) is 0 Å². The van der Waals surface area contributed by atoms with Gasteiger partial charge < -0.3 is 0 Å². The van der Waals surface area contributed by atoms with E-state index in [-0.39, 0.29) is 5.41 Å². The Labute approximate surface area is 107 Å². The van der Waals surface area contributed by atoms with E-state index in [1.165, 1.54) is 27.8 Å². The van der Waals surface area contributed by atoms with Gasteiger partial charge in [0.15, 0.2) is 0 Å². The van der Waals surface area contributed by atoms with Crippen LogP contribution in [0.5, 0.6) is 0 Å². The number of fused-ring (bicyclic) bond motifs is 3. The SMILES string of the molecule is CC(C)(C)C1=CCCc2c1sc1ccccc21. The fraction of sp³-hybridized carbons (Fsp3) is 0.375. The first-order valence-electron chi connectivity index (χ1n) is 6.29. The monoisotopic (exact) mass is 242 g/mol. The topological polar surface area (TPSA) is 0 Å². The Balaban J connectivity index is 2.27. The molecule has 1 heterocycles. The van der Waals surface area contributed by atoms with Gasteiger partial charge in [0.25, 0.3) is 0 Å². The minimum atomic E-state index is 0.260. The third kappa shape index (κ3) is 1.73. The molecular formula is C16H18S. The summed E-state index contributed by atoms with van der Waals surface area (Å²) in [7, 11) is 0. The number of allylic oxidation sites excluding steroid dienone is 2. The van der Waals surface area contributed by atoms with Crippen LogP contribution in [0.15, 0.2) is 30.3 Å². The van der Waals surface area contributed by atoms with Crippen LogP contribution in [0.25, 0.3) is 15.7 Å². The average molecular weight is 242 g/mol. The molecule has 0 saturated heterocycles. The fourth-order valence-electron chi connectivity index (χ4n) is 2.66. The van der Waals surface area contributed by atoms with Crippen LogP contribution < -0.4 is 0 Å². The molecule has 1 aliphatic rings. The van der Waals surface area contributed by atoms with Crippen molar-refractivity contribution in [3.8, 4) is 0 Å². The summed E-state index contributed by atoms with van der Waals surface area (Å²) >= 11 is 1.97. The molecule has 0 radical (unpaired) electrons. The molecule has 0 nitrogen and oxygen atoms in total. The molecule has 0 unspecified atom stereocenters. The van der Waals surface area contributed by atoms with E-state index in [0.29, 0.717) is 0 Å². The van der Waals surface area contributed by atoms with Crippen LogP contribution in [0.1, 0.15) is 37.6 Å². The Morgan fingerprint density at radius 2 is 1.88 bits per heavy atom. The summed E-state index contributed by atoms with van der Waals surface area (Å²) in [5, 5.41) is 1.47. The summed E-state index contributed by atoms with van der Waals surface area (Å²) in [6, 6.07) is 8.82. The maximum atomic E-state index is 2.44. The second kappa shape index (κ2) is 3.71. The van der Waals surface area contributed by atoms with Gasteiger partial charge in [-0.05, 0) is 40.8 Å². The lowest BCUT2D eigenvalue weighted by molar-refractivity contribution is 0.563. The molecule has 17 heavy (non-hydrogen) atoms. The zero-order valence-electron chi connectivity index (χ0n) is 10.7. The van der Waals surface area contributed by atoms with Gasteiger partial charge in [-0.3, -0.25) is 0 Å². The van der Waals surface area contributed by atoms with Crippen LogP contribution in [-0.4, -0.2) is 0 Å². The number of hydrogen-bond acceptors (Lipinski definition) is 1. The molecule has 0 fully saturated rings. The van der Waals surface area contributed by atoms with Crippen LogP contribution in [0.4, 0.5) is 0 Å². The molecule has 0 atom stereocenters. The van der Waals surface area contributed by atoms with Gasteiger partial charge in [0.05, 0.1) is 0 Å². The highest BCUT2D eigenvalue weighted by molar-refractivity contribution is 7.20. The summed E-state index contributed by atoms with van der Waals surface area (Å²) in [5.74, 6) is 0. The first-order valence-corrected chi connectivity index (χ1v) is 7.10. The van der Waals surface area contributed by atoms with E-state index < -0.39 is 0 Å². The molecule has 1 heteroatoms. The Kier molecular flexibility index (Phi) is 2.41. The molecule has 1 aromatic heterocycles. The molecular weight excluding hydrogens is 224 g/mol. The molecule has 0 spiro atoms. The first-order chi connectivity index (χ1) is 8.07. The van der Waals surface area contributed by atoms with E-state index in [1.807, 2.05) is 11.3 Å². The Morgan fingerprint density at radius 3 is 2.65 bits per heavy atom. The Morgan fingerprint density at radius 1 is 1.12 bits per heavy atom. The summed E-state index contributed by atoms with van der Waals surface area (Å²) in [5.41, 5.74) is 3.38. The zero-order chi connectivity index (χ0) is 12.0. The van der Waals surface area contributed by atoms with Crippen LogP contribution in [-0.2, 0) is 6.42 Å². The van der Waals surface area contributed by atoms with E-state index in [4.69, 9.17) is 0 Å². The lowest BCUT2D eigenvalue weighted by Gasteiger charge is -2.26. The normalized spacial score (nSPS) is 15.8. The number of aryl methyl sites for hydroxylation is 1. The molecule has 0 amide bonds. The van der Waals surface area contributed by atoms with Crippen molar-refractivity contribution in [2.24, 2.45) is 5.41 Å². The van der Waals surface area contributed by atoms with Gasteiger partial charge in [-0.2, -0.15) is 0 Å². The van der Waals surface area contributed by atoms with Crippen molar-refractivity contribution >= 4 is 27.0 Å². The molecule has 3 rings (SSSR count). The largest absolute Gasteiger partial charge is 0.135 e. The summed E-state index contributed by atoms with van der Waals surface area (Å²) in [6.07, 6.45) is 4.84. The summed E-state index contributed by atoms with van der Waals surface area (Å²) < 4.78 is 1.44. The molecule has 0 bridgehead atoms. The highest BCUT2D eigenvalue weighted by atomic mass is 32.1. The van der Waals surface area contributed by atoms with Crippen LogP contribution in [0, 0.1) is 5.41 Å². The van der Waals surface area contributed by atoms with E-state index in [9.17, 15) is 0 Å². The third-order valence-electron chi connectivity index (χ3n) is 3.49. The van der Waals surface area contributed by atoms with Gasteiger partial charge in [0.2, 0.25) is 0 Å². The van der Waals surface area contributed by atoms with Gasteiger partial charge in [0.1, 0.15) is 0 Å². The summed E-state index contributed by atoms with van der Waals surface area (Å²) in [4.78, 5) is 1.53. The fourth-order valence-corrected chi connectivity index (χ4v) is 4.17. The van der Waals surface area contributed by atoms with Crippen molar-refractivity contribution in [1.82, 2.24) is 0 Å². The van der Waals surface area contributed by atoms with Crippen molar-refractivity contribution in [1.29, 1.82) is 0 Å². The highest BCUT2D eigenvalue weighted by Crippen LogP contribution is 2.45. The zero-order valence-corrected chi connectivity index (χ0v) is 11.5. The minimum Gasteiger partial charge on any atom is -0.135 e. The molecule has 88 valence electrons. The molecule has 2 aromatic rings. The van der Waals surface area contributed by atoms with Gasteiger partial charge in [-0.1, -0.05) is 45.0 Å².